The first-order valence-electron chi connectivity index (χ1n) is 6.25. The number of aromatic nitrogens is 1. The Morgan fingerprint density at radius 1 is 1.61 bits per heavy atom. The quantitative estimate of drug-likeness (QED) is 0.805. The maximum absolute atomic E-state index is 9.29. The zero-order chi connectivity index (χ0) is 13.1. The average Bonchev–Trinajstić information content (AvgIpc) is 2.38. The van der Waals surface area contributed by atoms with E-state index in [-0.39, 0.29) is 6.61 Å². The average molecular weight is 265 g/mol. The van der Waals surface area contributed by atoms with Crippen LogP contribution in [0, 0.1) is 12.8 Å². The monoisotopic (exact) mass is 265 g/mol. The molecule has 0 bridgehead atoms. The second kappa shape index (κ2) is 5.63. The first kappa shape index (κ1) is 13.2. The molecule has 1 aromatic heterocycles. The fourth-order valence-electron chi connectivity index (χ4n) is 2.38. The fourth-order valence-corrected chi connectivity index (χ4v) is 2.54. The highest BCUT2D eigenvalue weighted by atomic mass is 32.1. The molecule has 3 N–H and O–H groups in total. The topological polar surface area (TPSA) is 62.4 Å². The van der Waals surface area contributed by atoms with E-state index in [2.05, 4.69) is 9.88 Å². The lowest BCUT2D eigenvalue weighted by atomic mass is 9.98. The number of hydrogen-bond donors (Lipinski definition) is 2. The van der Waals surface area contributed by atoms with Gasteiger partial charge in [0.15, 0.2) is 0 Å². The van der Waals surface area contributed by atoms with Crippen molar-refractivity contribution in [3.05, 3.63) is 23.4 Å². The molecule has 0 radical (unpaired) electrons. The minimum atomic E-state index is 0.227. The Bertz CT molecular complexity index is 450. The molecule has 0 aromatic carbocycles. The van der Waals surface area contributed by atoms with E-state index >= 15 is 0 Å². The number of aryl methyl sites for hydroxylation is 1. The van der Waals surface area contributed by atoms with Gasteiger partial charge in [-0.05, 0) is 37.8 Å². The molecule has 1 aromatic rings. The maximum Gasteiger partial charge on any atom is 0.139 e. The lowest BCUT2D eigenvalue weighted by molar-refractivity contribution is 0.208. The Morgan fingerprint density at radius 2 is 2.39 bits per heavy atom. The number of hydrogen-bond acceptors (Lipinski definition) is 4. The van der Waals surface area contributed by atoms with Crippen LogP contribution in [0.1, 0.15) is 24.1 Å². The molecular formula is C13H19N3OS. The van der Waals surface area contributed by atoms with Crippen LogP contribution in [-0.4, -0.2) is 34.8 Å². The van der Waals surface area contributed by atoms with E-state index in [0.29, 0.717) is 10.9 Å². The van der Waals surface area contributed by atoms with Crippen molar-refractivity contribution in [1.82, 2.24) is 4.98 Å². The van der Waals surface area contributed by atoms with Crippen LogP contribution in [0.5, 0.6) is 0 Å². The lowest BCUT2D eigenvalue weighted by Crippen LogP contribution is -2.38. The highest BCUT2D eigenvalue weighted by Crippen LogP contribution is 2.25. The number of aliphatic hydroxyl groups excluding tert-OH is 1. The zero-order valence-electron chi connectivity index (χ0n) is 10.6. The van der Waals surface area contributed by atoms with Gasteiger partial charge in [0.25, 0.3) is 0 Å². The van der Waals surface area contributed by atoms with Crippen molar-refractivity contribution in [1.29, 1.82) is 0 Å². The lowest BCUT2D eigenvalue weighted by Gasteiger charge is -2.33. The third-order valence-electron chi connectivity index (χ3n) is 3.36. The van der Waals surface area contributed by atoms with E-state index in [1.807, 2.05) is 19.1 Å². The van der Waals surface area contributed by atoms with Crippen molar-refractivity contribution in [3.63, 3.8) is 0 Å². The third kappa shape index (κ3) is 2.79. The van der Waals surface area contributed by atoms with Crippen LogP contribution in [-0.2, 0) is 0 Å². The van der Waals surface area contributed by atoms with Gasteiger partial charge in [0, 0.05) is 25.4 Å². The van der Waals surface area contributed by atoms with Gasteiger partial charge in [0.2, 0.25) is 0 Å². The molecule has 2 heterocycles. The number of rotatable bonds is 3. The van der Waals surface area contributed by atoms with Gasteiger partial charge in [-0.25, -0.2) is 4.98 Å². The summed E-state index contributed by atoms with van der Waals surface area (Å²) < 4.78 is 0. The predicted molar refractivity (Wildman–Crippen MR) is 76.9 cm³/mol. The predicted octanol–water partition coefficient (Wildman–Crippen LogP) is 1.23. The largest absolute Gasteiger partial charge is 0.396 e. The van der Waals surface area contributed by atoms with Crippen LogP contribution < -0.4 is 10.6 Å². The SMILES string of the molecule is Cc1ccc(C(N)=S)c(N2CCCC(CO)C2)n1. The summed E-state index contributed by atoms with van der Waals surface area (Å²) in [6, 6.07) is 3.86. The molecule has 0 spiro atoms. The van der Waals surface area contributed by atoms with Crippen LogP contribution in [0.4, 0.5) is 5.82 Å². The third-order valence-corrected chi connectivity index (χ3v) is 3.58. The number of anilines is 1. The first-order valence-corrected chi connectivity index (χ1v) is 6.66. The Kier molecular flexibility index (Phi) is 4.14. The van der Waals surface area contributed by atoms with Crippen LogP contribution in [0.3, 0.4) is 0 Å². The van der Waals surface area contributed by atoms with Crippen LogP contribution in [0.15, 0.2) is 12.1 Å². The molecule has 18 heavy (non-hydrogen) atoms. The molecule has 0 aliphatic carbocycles. The minimum absolute atomic E-state index is 0.227. The van der Waals surface area contributed by atoms with Gasteiger partial charge in [-0.3, -0.25) is 0 Å². The smallest absolute Gasteiger partial charge is 0.139 e. The van der Waals surface area contributed by atoms with Crippen LogP contribution in [0.25, 0.3) is 0 Å². The first-order chi connectivity index (χ1) is 8.61. The number of nitrogens with two attached hydrogens (primary N) is 1. The molecule has 1 aliphatic rings. The molecule has 4 nitrogen and oxygen atoms in total. The molecule has 1 fully saturated rings. The van der Waals surface area contributed by atoms with E-state index in [4.69, 9.17) is 18.0 Å². The van der Waals surface area contributed by atoms with Crippen molar-refractivity contribution in [3.8, 4) is 0 Å². The summed E-state index contributed by atoms with van der Waals surface area (Å²) in [4.78, 5) is 7.13. The van der Waals surface area contributed by atoms with E-state index < -0.39 is 0 Å². The molecule has 0 amide bonds. The van der Waals surface area contributed by atoms with E-state index in [1.165, 1.54) is 0 Å². The second-order valence-electron chi connectivity index (χ2n) is 4.82. The summed E-state index contributed by atoms with van der Waals surface area (Å²) in [6.07, 6.45) is 2.14. The summed E-state index contributed by atoms with van der Waals surface area (Å²) in [5.41, 5.74) is 7.54. The number of aliphatic hydroxyl groups is 1. The molecule has 5 heteroatoms. The molecule has 98 valence electrons. The van der Waals surface area contributed by atoms with Gasteiger partial charge in [-0.15, -0.1) is 0 Å². The van der Waals surface area contributed by atoms with Gasteiger partial charge in [0.1, 0.15) is 10.8 Å². The van der Waals surface area contributed by atoms with Crippen molar-refractivity contribution in [2.75, 3.05) is 24.6 Å². The highest BCUT2D eigenvalue weighted by Gasteiger charge is 2.22. The molecule has 2 rings (SSSR count). The minimum Gasteiger partial charge on any atom is -0.396 e. The highest BCUT2D eigenvalue weighted by molar-refractivity contribution is 7.80. The molecule has 1 aliphatic heterocycles. The summed E-state index contributed by atoms with van der Waals surface area (Å²) >= 11 is 5.08. The Labute approximate surface area is 113 Å². The summed E-state index contributed by atoms with van der Waals surface area (Å²) in [7, 11) is 0. The van der Waals surface area contributed by atoms with Gasteiger partial charge in [0.05, 0.1) is 5.56 Å². The Morgan fingerprint density at radius 3 is 3.06 bits per heavy atom. The zero-order valence-corrected chi connectivity index (χ0v) is 11.4. The summed E-state index contributed by atoms with van der Waals surface area (Å²) in [5, 5.41) is 9.29. The van der Waals surface area contributed by atoms with Crippen LogP contribution in [0.2, 0.25) is 0 Å². The standard InChI is InChI=1S/C13H19N3OS/c1-9-4-5-11(12(14)18)13(15-9)16-6-2-3-10(7-16)8-17/h4-5,10,17H,2-3,6-8H2,1H3,(H2,14,18). The van der Waals surface area contributed by atoms with Crippen molar-refractivity contribution >= 4 is 23.0 Å². The van der Waals surface area contributed by atoms with E-state index in [9.17, 15) is 5.11 Å². The summed E-state index contributed by atoms with van der Waals surface area (Å²) in [5.74, 6) is 1.18. The molecule has 1 atom stereocenters. The number of piperidine rings is 1. The second-order valence-corrected chi connectivity index (χ2v) is 5.26. The maximum atomic E-state index is 9.29. The molecule has 0 saturated carbocycles. The summed E-state index contributed by atoms with van der Waals surface area (Å²) in [6.45, 7) is 3.95. The van der Waals surface area contributed by atoms with Crippen molar-refractivity contribution < 1.29 is 5.11 Å². The molecule has 1 unspecified atom stereocenters. The van der Waals surface area contributed by atoms with Gasteiger partial charge in [-0.1, -0.05) is 12.2 Å². The fraction of sp³-hybridized carbons (Fsp3) is 0.538. The van der Waals surface area contributed by atoms with E-state index in [0.717, 1.165) is 43.0 Å². The number of nitrogens with zero attached hydrogens (tertiary/aromatic N) is 2. The Balaban J connectivity index is 2.31. The van der Waals surface area contributed by atoms with Gasteiger partial charge < -0.3 is 15.7 Å². The van der Waals surface area contributed by atoms with Crippen molar-refractivity contribution in [2.45, 2.75) is 19.8 Å². The number of pyridine rings is 1. The van der Waals surface area contributed by atoms with E-state index in [1.54, 1.807) is 0 Å². The normalized spacial score (nSPS) is 19.9. The number of thiocarbonyl (C=S) groups is 1. The van der Waals surface area contributed by atoms with Gasteiger partial charge in [-0.2, -0.15) is 0 Å². The van der Waals surface area contributed by atoms with Crippen molar-refractivity contribution in [2.24, 2.45) is 11.7 Å². The van der Waals surface area contributed by atoms with Crippen LogP contribution >= 0.6 is 12.2 Å². The molecule has 1 saturated heterocycles. The Hall–Kier alpha value is -1.20. The molecular weight excluding hydrogens is 246 g/mol. The van der Waals surface area contributed by atoms with Gasteiger partial charge >= 0.3 is 0 Å².